The molecule has 1 N–H and O–H groups in total. The van der Waals surface area contributed by atoms with E-state index < -0.39 is 6.10 Å². The Labute approximate surface area is 120 Å². The van der Waals surface area contributed by atoms with Gasteiger partial charge < -0.3 is 9.84 Å². The van der Waals surface area contributed by atoms with Crippen LogP contribution in [0.1, 0.15) is 24.2 Å². The van der Waals surface area contributed by atoms with Gasteiger partial charge in [-0.1, -0.05) is 18.2 Å². The first kappa shape index (κ1) is 14.0. The fourth-order valence-corrected chi connectivity index (χ4v) is 2.15. The normalized spacial score (nSPS) is 12.3. The summed E-state index contributed by atoms with van der Waals surface area (Å²) in [5.41, 5.74) is 1.30. The molecule has 2 nitrogen and oxygen atoms in total. The Morgan fingerprint density at radius 2 is 1.95 bits per heavy atom. The third-order valence-corrected chi connectivity index (χ3v) is 3.43. The van der Waals surface area contributed by atoms with E-state index in [0.29, 0.717) is 15.8 Å². The highest BCUT2D eigenvalue weighted by atomic mass is 79.9. The van der Waals surface area contributed by atoms with Crippen LogP contribution < -0.4 is 4.74 Å². The van der Waals surface area contributed by atoms with Crippen molar-refractivity contribution in [3.8, 4) is 11.5 Å². The molecule has 0 aliphatic heterocycles. The summed E-state index contributed by atoms with van der Waals surface area (Å²) < 4.78 is 20.1. The van der Waals surface area contributed by atoms with E-state index in [-0.39, 0.29) is 11.6 Å². The molecule has 0 amide bonds. The van der Waals surface area contributed by atoms with Crippen molar-refractivity contribution in [2.75, 3.05) is 0 Å². The lowest BCUT2D eigenvalue weighted by atomic mass is 10.1. The largest absolute Gasteiger partial charge is 0.453 e. The molecule has 2 aromatic rings. The maximum Gasteiger partial charge on any atom is 0.168 e. The Bertz CT molecular complexity index is 597. The van der Waals surface area contributed by atoms with Gasteiger partial charge in [0.1, 0.15) is 5.75 Å². The lowest BCUT2D eigenvalue weighted by Gasteiger charge is -2.12. The third kappa shape index (κ3) is 3.14. The second-order valence-corrected chi connectivity index (χ2v) is 5.21. The average Bonchev–Trinajstić information content (AvgIpc) is 2.37. The highest BCUT2D eigenvalue weighted by Gasteiger charge is 2.10. The van der Waals surface area contributed by atoms with Gasteiger partial charge in [0, 0.05) is 0 Å². The summed E-state index contributed by atoms with van der Waals surface area (Å²) in [4.78, 5) is 0. The molecule has 0 heterocycles. The standard InChI is InChI=1S/C15H14BrFO2/c1-9-4-3-5-14(15(9)17)19-13-7-6-11(10(2)18)8-12(13)16/h3-8,10,18H,1-2H3/t10-/m0/s1. The maximum absolute atomic E-state index is 13.8. The molecular weight excluding hydrogens is 311 g/mol. The van der Waals surface area contributed by atoms with E-state index in [4.69, 9.17) is 4.74 Å². The van der Waals surface area contributed by atoms with E-state index in [1.807, 2.05) is 0 Å². The smallest absolute Gasteiger partial charge is 0.168 e. The van der Waals surface area contributed by atoms with Crippen LogP contribution in [0.4, 0.5) is 4.39 Å². The van der Waals surface area contributed by atoms with Crippen LogP contribution in [0.15, 0.2) is 40.9 Å². The highest BCUT2D eigenvalue weighted by Crippen LogP contribution is 2.33. The van der Waals surface area contributed by atoms with E-state index in [1.165, 1.54) is 0 Å². The molecule has 0 saturated heterocycles. The SMILES string of the molecule is Cc1cccc(Oc2ccc([C@H](C)O)cc2Br)c1F. The zero-order chi connectivity index (χ0) is 14.0. The van der Waals surface area contributed by atoms with Crippen LogP contribution >= 0.6 is 15.9 Å². The number of ether oxygens (including phenoxy) is 1. The van der Waals surface area contributed by atoms with Crippen molar-refractivity contribution in [3.05, 3.63) is 57.8 Å². The monoisotopic (exact) mass is 324 g/mol. The van der Waals surface area contributed by atoms with Crippen LogP contribution in [-0.2, 0) is 0 Å². The summed E-state index contributed by atoms with van der Waals surface area (Å²) >= 11 is 3.36. The molecule has 4 heteroatoms. The molecule has 19 heavy (non-hydrogen) atoms. The van der Waals surface area contributed by atoms with Gasteiger partial charge in [-0.25, -0.2) is 4.39 Å². The minimum atomic E-state index is -0.555. The minimum Gasteiger partial charge on any atom is -0.453 e. The quantitative estimate of drug-likeness (QED) is 0.883. The lowest BCUT2D eigenvalue weighted by molar-refractivity contribution is 0.199. The lowest BCUT2D eigenvalue weighted by Crippen LogP contribution is -1.94. The maximum atomic E-state index is 13.8. The van der Waals surface area contributed by atoms with Gasteiger partial charge in [0.2, 0.25) is 0 Å². The molecule has 0 bridgehead atoms. The Morgan fingerprint density at radius 1 is 1.21 bits per heavy atom. The van der Waals surface area contributed by atoms with Gasteiger partial charge in [-0.05, 0) is 59.1 Å². The van der Waals surface area contributed by atoms with Gasteiger partial charge in [0.15, 0.2) is 11.6 Å². The van der Waals surface area contributed by atoms with Crippen molar-refractivity contribution < 1.29 is 14.2 Å². The molecule has 0 radical (unpaired) electrons. The zero-order valence-electron chi connectivity index (χ0n) is 10.7. The number of hydrogen-bond donors (Lipinski definition) is 1. The minimum absolute atomic E-state index is 0.186. The summed E-state index contributed by atoms with van der Waals surface area (Å²) in [6.45, 7) is 3.37. The van der Waals surface area contributed by atoms with Gasteiger partial charge in [0.25, 0.3) is 0 Å². The first-order chi connectivity index (χ1) is 8.99. The summed E-state index contributed by atoms with van der Waals surface area (Å²) in [7, 11) is 0. The van der Waals surface area contributed by atoms with Crippen LogP contribution in [0, 0.1) is 12.7 Å². The molecule has 0 aliphatic rings. The Balaban J connectivity index is 2.31. The van der Waals surface area contributed by atoms with Gasteiger partial charge in [-0.15, -0.1) is 0 Å². The molecule has 2 rings (SSSR count). The van der Waals surface area contributed by atoms with Crippen LogP contribution in [0.25, 0.3) is 0 Å². The van der Waals surface area contributed by atoms with Gasteiger partial charge in [-0.2, -0.15) is 0 Å². The third-order valence-electron chi connectivity index (χ3n) is 2.81. The number of benzene rings is 2. The van der Waals surface area contributed by atoms with Crippen molar-refractivity contribution in [1.29, 1.82) is 0 Å². The molecule has 0 aromatic heterocycles. The van der Waals surface area contributed by atoms with Crippen molar-refractivity contribution >= 4 is 15.9 Å². The Morgan fingerprint density at radius 3 is 2.58 bits per heavy atom. The van der Waals surface area contributed by atoms with E-state index in [1.54, 1.807) is 50.2 Å². The molecule has 0 unspecified atom stereocenters. The molecule has 0 fully saturated rings. The molecule has 0 saturated carbocycles. The molecule has 1 atom stereocenters. The van der Waals surface area contributed by atoms with Crippen molar-refractivity contribution in [1.82, 2.24) is 0 Å². The van der Waals surface area contributed by atoms with Gasteiger partial charge in [-0.3, -0.25) is 0 Å². The topological polar surface area (TPSA) is 29.5 Å². The van der Waals surface area contributed by atoms with E-state index in [9.17, 15) is 9.50 Å². The highest BCUT2D eigenvalue weighted by molar-refractivity contribution is 9.10. The second kappa shape index (κ2) is 5.72. The first-order valence-electron chi connectivity index (χ1n) is 5.89. The van der Waals surface area contributed by atoms with Crippen molar-refractivity contribution in [2.24, 2.45) is 0 Å². The Kier molecular flexibility index (Phi) is 4.22. The van der Waals surface area contributed by atoms with Crippen molar-refractivity contribution in [3.63, 3.8) is 0 Å². The first-order valence-corrected chi connectivity index (χ1v) is 6.69. The summed E-state index contributed by atoms with van der Waals surface area (Å²) in [5.74, 6) is 0.327. The number of aliphatic hydroxyl groups is 1. The number of rotatable bonds is 3. The molecular formula is C15H14BrFO2. The summed E-state index contributed by atoms with van der Waals surface area (Å²) in [6, 6.07) is 10.2. The summed E-state index contributed by atoms with van der Waals surface area (Å²) in [6.07, 6.45) is -0.555. The number of aliphatic hydroxyl groups excluding tert-OH is 1. The predicted molar refractivity (Wildman–Crippen MR) is 76.0 cm³/mol. The summed E-state index contributed by atoms with van der Waals surface area (Å²) in [5, 5.41) is 9.49. The Hall–Kier alpha value is -1.39. The van der Waals surface area contributed by atoms with Crippen LogP contribution in [0.5, 0.6) is 11.5 Å². The van der Waals surface area contributed by atoms with Crippen LogP contribution in [0.3, 0.4) is 0 Å². The van der Waals surface area contributed by atoms with Gasteiger partial charge in [0.05, 0.1) is 10.6 Å². The number of hydrogen-bond acceptors (Lipinski definition) is 2. The average molecular weight is 325 g/mol. The fourth-order valence-electron chi connectivity index (χ4n) is 1.68. The molecule has 0 aliphatic carbocycles. The van der Waals surface area contributed by atoms with E-state index in [0.717, 1.165) is 5.56 Å². The second-order valence-electron chi connectivity index (χ2n) is 4.35. The zero-order valence-corrected chi connectivity index (χ0v) is 12.2. The van der Waals surface area contributed by atoms with E-state index in [2.05, 4.69) is 15.9 Å². The number of aryl methyl sites for hydroxylation is 1. The van der Waals surface area contributed by atoms with E-state index >= 15 is 0 Å². The fraction of sp³-hybridized carbons (Fsp3) is 0.200. The van der Waals surface area contributed by atoms with Gasteiger partial charge >= 0.3 is 0 Å². The molecule has 2 aromatic carbocycles. The molecule has 100 valence electrons. The predicted octanol–water partition coefficient (Wildman–Crippen LogP) is 4.74. The molecule has 0 spiro atoms. The van der Waals surface area contributed by atoms with Crippen LogP contribution in [0.2, 0.25) is 0 Å². The number of halogens is 2. The van der Waals surface area contributed by atoms with Crippen molar-refractivity contribution in [2.45, 2.75) is 20.0 Å². The van der Waals surface area contributed by atoms with Crippen LogP contribution in [-0.4, -0.2) is 5.11 Å².